The lowest BCUT2D eigenvalue weighted by atomic mass is 10.4. The Morgan fingerprint density at radius 2 is 2.07 bits per heavy atom. The molecule has 0 aliphatic carbocycles. The molecule has 10 heteroatoms. The first kappa shape index (κ1) is 10.3. The van der Waals surface area contributed by atoms with E-state index in [1.54, 1.807) is 0 Å². The van der Waals surface area contributed by atoms with E-state index in [0.29, 0.717) is 26.2 Å². The number of aromatic amines is 1. The number of H-pyrrole nitrogens is 1. The molecule has 84 valence electrons. The van der Waals surface area contributed by atoms with Crippen LogP contribution in [0.3, 0.4) is 0 Å². The van der Waals surface area contributed by atoms with Crippen molar-refractivity contribution in [2.75, 3.05) is 30.9 Å². The predicted octanol–water partition coefficient (Wildman–Crippen LogP) is -2.24. The second-order valence-corrected chi connectivity index (χ2v) is 4.66. The van der Waals surface area contributed by atoms with Gasteiger partial charge in [0.2, 0.25) is 0 Å². The molecule has 1 aliphatic rings. The zero-order valence-corrected chi connectivity index (χ0v) is 8.66. The molecule has 1 aliphatic heterocycles. The van der Waals surface area contributed by atoms with E-state index < -0.39 is 10.2 Å². The first-order valence-corrected chi connectivity index (χ1v) is 5.84. The number of tetrazole rings is 1. The topological polar surface area (TPSA) is 116 Å². The summed E-state index contributed by atoms with van der Waals surface area (Å²) in [5, 5.41) is 15.5. The van der Waals surface area contributed by atoms with Crippen LogP contribution in [0.4, 0.5) is 5.95 Å². The van der Waals surface area contributed by atoms with Gasteiger partial charge in [0.25, 0.3) is 5.95 Å². The molecule has 1 aromatic heterocycles. The number of aromatic nitrogens is 4. The highest BCUT2D eigenvalue weighted by atomic mass is 32.2. The van der Waals surface area contributed by atoms with Crippen molar-refractivity contribution in [2.45, 2.75) is 0 Å². The van der Waals surface area contributed by atoms with E-state index in [-0.39, 0.29) is 5.95 Å². The molecule has 0 radical (unpaired) electrons. The van der Waals surface area contributed by atoms with Crippen LogP contribution in [0, 0.1) is 0 Å². The van der Waals surface area contributed by atoms with Crippen LogP contribution in [0.1, 0.15) is 0 Å². The number of piperazine rings is 1. The van der Waals surface area contributed by atoms with Crippen LogP contribution in [0.15, 0.2) is 0 Å². The van der Waals surface area contributed by atoms with Gasteiger partial charge in [-0.2, -0.15) is 17.9 Å². The van der Waals surface area contributed by atoms with E-state index in [1.165, 1.54) is 4.31 Å². The van der Waals surface area contributed by atoms with E-state index in [1.807, 2.05) is 0 Å². The van der Waals surface area contributed by atoms with Crippen LogP contribution >= 0.6 is 0 Å². The Morgan fingerprint density at radius 1 is 1.33 bits per heavy atom. The van der Waals surface area contributed by atoms with Crippen LogP contribution in [-0.2, 0) is 10.2 Å². The molecular formula is C5H11N7O2S. The summed E-state index contributed by atoms with van der Waals surface area (Å²) >= 11 is 0. The molecule has 1 saturated heterocycles. The van der Waals surface area contributed by atoms with E-state index in [4.69, 9.17) is 0 Å². The van der Waals surface area contributed by atoms with Crippen molar-refractivity contribution in [2.24, 2.45) is 0 Å². The molecule has 3 N–H and O–H groups in total. The summed E-state index contributed by atoms with van der Waals surface area (Å²) in [6, 6.07) is 0. The van der Waals surface area contributed by atoms with Crippen LogP contribution in [0.2, 0.25) is 0 Å². The number of rotatable bonds is 3. The highest BCUT2D eigenvalue weighted by Gasteiger charge is 2.24. The Kier molecular flexibility index (Phi) is 2.79. The van der Waals surface area contributed by atoms with E-state index in [9.17, 15) is 8.42 Å². The van der Waals surface area contributed by atoms with Crippen molar-refractivity contribution < 1.29 is 8.42 Å². The summed E-state index contributed by atoms with van der Waals surface area (Å²) in [6.07, 6.45) is 0. The molecule has 0 spiro atoms. The van der Waals surface area contributed by atoms with Gasteiger partial charge in [0.1, 0.15) is 0 Å². The maximum atomic E-state index is 11.7. The maximum Gasteiger partial charge on any atom is 0.304 e. The molecule has 0 aromatic carbocycles. The van der Waals surface area contributed by atoms with Crippen LogP contribution in [-0.4, -0.2) is 59.5 Å². The maximum absolute atomic E-state index is 11.7. The summed E-state index contributed by atoms with van der Waals surface area (Å²) < 4.78 is 27.0. The van der Waals surface area contributed by atoms with Gasteiger partial charge in [0.15, 0.2) is 0 Å². The number of hydrogen-bond acceptors (Lipinski definition) is 6. The standard InChI is InChI=1S/C5H11N7O2S/c13-15(14,9-5-7-10-11-8-5)12-3-1-6-2-4-12/h6H,1-4H2,(H2,7,8,9,10,11). The van der Waals surface area contributed by atoms with Gasteiger partial charge in [-0.3, -0.25) is 0 Å². The number of anilines is 1. The average Bonchev–Trinajstić information content (AvgIpc) is 2.71. The molecule has 0 unspecified atom stereocenters. The van der Waals surface area contributed by atoms with Gasteiger partial charge in [0.05, 0.1) is 0 Å². The monoisotopic (exact) mass is 233 g/mol. The highest BCUT2D eigenvalue weighted by molar-refractivity contribution is 7.90. The Labute approximate surface area is 86.4 Å². The molecule has 15 heavy (non-hydrogen) atoms. The van der Waals surface area contributed by atoms with Crippen LogP contribution < -0.4 is 10.0 Å². The smallest absolute Gasteiger partial charge is 0.304 e. The van der Waals surface area contributed by atoms with Gasteiger partial charge in [-0.1, -0.05) is 5.10 Å². The molecule has 0 bridgehead atoms. The first-order valence-electron chi connectivity index (χ1n) is 4.40. The molecule has 2 heterocycles. The van der Waals surface area contributed by atoms with Crippen molar-refractivity contribution in [3.05, 3.63) is 0 Å². The minimum Gasteiger partial charge on any atom is -0.314 e. The third-order valence-electron chi connectivity index (χ3n) is 1.98. The van der Waals surface area contributed by atoms with Gasteiger partial charge in [-0.05, 0) is 5.21 Å². The summed E-state index contributed by atoms with van der Waals surface area (Å²) in [7, 11) is -3.55. The molecular weight excluding hydrogens is 222 g/mol. The lowest BCUT2D eigenvalue weighted by molar-refractivity contribution is 0.362. The molecule has 1 fully saturated rings. The second-order valence-electron chi connectivity index (χ2n) is 2.99. The number of nitrogens with zero attached hydrogens (tertiary/aromatic N) is 4. The quantitative estimate of drug-likeness (QED) is 0.543. The number of hydrogen-bond donors (Lipinski definition) is 3. The lowest BCUT2D eigenvalue weighted by Gasteiger charge is -2.25. The average molecular weight is 233 g/mol. The van der Waals surface area contributed by atoms with Crippen molar-refractivity contribution in [3.8, 4) is 0 Å². The second kappa shape index (κ2) is 4.08. The van der Waals surface area contributed by atoms with Gasteiger partial charge in [0, 0.05) is 26.2 Å². The summed E-state index contributed by atoms with van der Waals surface area (Å²) in [4.78, 5) is 0. The molecule has 0 atom stereocenters. The van der Waals surface area contributed by atoms with E-state index >= 15 is 0 Å². The van der Waals surface area contributed by atoms with Crippen molar-refractivity contribution in [3.63, 3.8) is 0 Å². The molecule has 1 aromatic rings. The summed E-state index contributed by atoms with van der Waals surface area (Å²) in [6.45, 7) is 2.17. The van der Waals surface area contributed by atoms with Gasteiger partial charge in [-0.25, -0.2) is 4.72 Å². The fourth-order valence-electron chi connectivity index (χ4n) is 1.27. The Bertz CT molecular complexity index is 395. The highest BCUT2D eigenvalue weighted by Crippen LogP contribution is 2.05. The Morgan fingerprint density at radius 3 is 2.67 bits per heavy atom. The third-order valence-corrected chi connectivity index (χ3v) is 3.47. The van der Waals surface area contributed by atoms with Gasteiger partial charge >= 0.3 is 10.2 Å². The Balaban J connectivity index is 2.05. The first-order chi connectivity index (χ1) is 7.18. The molecule has 2 rings (SSSR count). The Hall–Kier alpha value is -1.26. The fraction of sp³-hybridized carbons (Fsp3) is 0.800. The van der Waals surface area contributed by atoms with Gasteiger partial charge in [-0.15, -0.1) is 5.10 Å². The largest absolute Gasteiger partial charge is 0.314 e. The van der Waals surface area contributed by atoms with Crippen LogP contribution in [0.5, 0.6) is 0 Å². The summed E-state index contributed by atoms with van der Waals surface area (Å²) in [5.41, 5.74) is 0. The lowest BCUT2D eigenvalue weighted by Crippen LogP contribution is -2.48. The number of nitrogens with one attached hydrogen (secondary N) is 3. The minimum atomic E-state index is -3.55. The fourth-order valence-corrected chi connectivity index (χ4v) is 2.38. The zero-order valence-electron chi connectivity index (χ0n) is 7.84. The molecule has 0 saturated carbocycles. The van der Waals surface area contributed by atoms with Crippen molar-refractivity contribution in [1.29, 1.82) is 0 Å². The van der Waals surface area contributed by atoms with Crippen LogP contribution in [0.25, 0.3) is 0 Å². The third kappa shape index (κ3) is 2.40. The van der Waals surface area contributed by atoms with E-state index in [2.05, 4.69) is 30.7 Å². The van der Waals surface area contributed by atoms with Gasteiger partial charge < -0.3 is 5.32 Å². The SMILES string of the molecule is O=S(=O)(Nc1nn[nH]n1)N1CCNCC1. The minimum absolute atomic E-state index is 0.0477. The molecule has 9 nitrogen and oxygen atoms in total. The normalized spacial score (nSPS) is 18.9. The van der Waals surface area contributed by atoms with Crippen molar-refractivity contribution in [1.82, 2.24) is 30.2 Å². The molecule has 0 amide bonds. The summed E-state index contributed by atoms with van der Waals surface area (Å²) in [5.74, 6) is -0.0477. The zero-order chi connectivity index (χ0) is 10.7. The predicted molar refractivity (Wildman–Crippen MR) is 51.2 cm³/mol. The van der Waals surface area contributed by atoms with Crippen molar-refractivity contribution >= 4 is 16.2 Å². The van der Waals surface area contributed by atoms with E-state index in [0.717, 1.165) is 0 Å².